The third kappa shape index (κ3) is 95.2. The number of aliphatic hydroxyl groups excluding tert-OH is 1. The second-order valence-electron chi connectivity index (χ2n) is 0.695. The molecule has 0 fully saturated rings. The molecule has 0 radical (unpaired) electrons. The zero-order valence-electron chi connectivity index (χ0n) is 4.04. The monoisotopic (exact) mass is 162 g/mol. The molecule has 0 spiro atoms. The molecule has 0 aromatic carbocycles. The SMILES string of the molecule is O=[PH](O)O.OCCCl. The van der Waals surface area contributed by atoms with Gasteiger partial charge in [0.25, 0.3) is 0 Å². The molecule has 0 heterocycles. The smallest absolute Gasteiger partial charge is 0.314 e. The molecule has 0 aromatic rings. The van der Waals surface area contributed by atoms with Crippen LogP contribution in [-0.4, -0.2) is 27.4 Å². The van der Waals surface area contributed by atoms with Gasteiger partial charge in [-0.2, -0.15) is 0 Å². The Morgan fingerprint density at radius 1 is 1.50 bits per heavy atom. The van der Waals surface area contributed by atoms with Crippen LogP contribution >= 0.6 is 19.9 Å². The Hall–Kier alpha value is 0.400. The van der Waals surface area contributed by atoms with Crippen LogP contribution in [0.5, 0.6) is 0 Å². The number of hydrogen-bond acceptors (Lipinski definition) is 2. The van der Waals surface area contributed by atoms with E-state index in [1.807, 2.05) is 0 Å². The molecule has 0 unspecified atom stereocenters. The van der Waals surface area contributed by atoms with E-state index in [4.69, 9.17) is 31.1 Å². The van der Waals surface area contributed by atoms with E-state index in [-0.39, 0.29) is 6.61 Å². The van der Waals surface area contributed by atoms with Crippen molar-refractivity contribution in [3.05, 3.63) is 0 Å². The molecule has 0 saturated carbocycles. The van der Waals surface area contributed by atoms with Crippen molar-refractivity contribution in [1.82, 2.24) is 0 Å². The van der Waals surface area contributed by atoms with Gasteiger partial charge in [0.2, 0.25) is 0 Å². The van der Waals surface area contributed by atoms with E-state index in [1.54, 1.807) is 0 Å². The fourth-order valence-corrected chi connectivity index (χ4v) is 0. The quantitative estimate of drug-likeness (QED) is 0.361. The highest BCUT2D eigenvalue weighted by Crippen LogP contribution is 1.98. The predicted molar refractivity (Wildman–Crippen MR) is 31.2 cm³/mol. The Morgan fingerprint density at radius 2 is 1.62 bits per heavy atom. The van der Waals surface area contributed by atoms with Crippen LogP contribution in [0.15, 0.2) is 0 Å². The summed E-state index contributed by atoms with van der Waals surface area (Å²) in [5.41, 5.74) is 0. The molecular weight excluding hydrogens is 154 g/mol. The van der Waals surface area contributed by atoms with E-state index in [0.717, 1.165) is 0 Å². The van der Waals surface area contributed by atoms with E-state index in [9.17, 15) is 0 Å². The second kappa shape index (κ2) is 10.4. The molecule has 8 heavy (non-hydrogen) atoms. The molecule has 0 aliphatic rings. The molecule has 0 aliphatic carbocycles. The Bertz CT molecular complexity index is 52.0. The third-order valence-electron chi connectivity index (χ3n) is 0.0845. The summed E-state index contributed by atoms with van der Waals surface area (Å²) in [6.45, 7) is 0.0849. The van der Waals surface area contributed by atoms with Crippen LogP contribution in [0.1, 0.15) is 0 Å². The highest BCUT2D eigenvalue weighted by Gasteiger charge is 1.61. The molecule has 0 aromatic heterocycles. The lowest BCUT2D eigenvalue weighted by molar-refractivity contribution is 0.321. The molecule has 0 aliphatic heterocycles. The van der Waals surface area contributed by atoms with Crippen LogP contribution in [0.3, 0.4) is 0 Å². The van der Waals surface area contributed by atoms with E-state index in [2.05, 4.69) is 0 Å². The van der Waals surface area contributed by atoms with Crippen molar-refractivity contribution in [2.75, 3.05) is 12.5 Å². The topological polar surface area (TPSA) is 77.8 Å². The standard InChI is InChI=1S/C2H5ClO.H3O3P/c3-1-2-4;1-4(2)3/h4H,1-2H2;4H,(H2,1,2,3). The van der Waals surface area contributed by atoms with Gasteiger partial charge in [-0.05, 0) is 0 Å². The van der Waals surface area contributed by atoms with Gasteiger partial charge in [-0.15, -0.1) is 11.6 Å². The molecule has 0 rings (SSSR count). The van der Waals surface area contributed by atoms with Gasteiger partial charge >= 0.3 is 8.25 Å². The molecule has 0 amide bonds. The maximum absolute atomic E-state index is 8.74. The fraction of sp³-hybridized carbons (Fsp3) is 1.00. The van der Waals surface area contributed by atoms with Crippen LogP contribution in [0.25, 0.3) is 0 Å². The van der Waals surface area contributed by atoms with Crippen molar-refractivity contribution in [3.63, 3.8) is 0 Å². The zero-order valence-corrected chi connectivity index (χ0v) is 5.80. The van der Waals surface area contributed by atoms with Crippen LogP contribution in [0.2, 0.25) is 0 Å². The van der Waals surface area contributed by atoms with Gasteiger partial charge in [0.05, 0.1) is 6.61 Å². The summed E-state index contributed by atoms with van der Waals surface area (Å²) in [6.07, 6.45) is 0. The minimum Gasteiger partial charge on any atom is -0.395 e. The average Bonchev–Trinajstić information content (AvgIpc) is 1.65. The Balaban J connectivity index is 0. The average molecular weight is 163 g/mol. The number of halogens is 1. The molecule has 4 nitrogen and oxygen atoms in total. The lowest BCUT2D eigenvalue weighted by atomic mass is 10.9. The van der Waals surface area contributed by atoms with Gasteiger partial charge in [0, 0.05) is 5.88 Å². The highest BCUT2D eigenvalue weighted by atomic mass is 35.5. The first-order chi connectivity index (χ1) is 3.65. The maximum Gasteiger partial charge on any atom is 0.314 e. The van der Waals surface area contributed by atoms with E-state index >= 15 is 0 Å². The predicted octanol–water partition coefficient (Wildman–Crippen LogP) is -0.422. The van der Waals surface area contributed by atoms with Crippen LogP contribution in [0, 0.1) is 0 Å². The van der Waals surface area contributed by atoms with E-state index in [1.165, 1.54) is 0 Å². The van der Waals surface area contributed by atoms with Crippen LogP contribution in [0.4, 0.5) is 0 Å². The van der Waals surface area contributed by atoms with Crippen molar-refractivity contribution in [2.45, 2.75) is 0 Å². The maximum atomic E-state index is 8.74. The van der Waals surface area contributed by atoms with Gasteiger partial charge in [-0.3, -0.25) is 4.57 Å². The second-order valence-corrected chi connectivity index (χ2v) is 1.64. The van der Waals surface area contributed by atoms with Crippen molar-refractivity contribution < 1.29 is 19.5 Å². The van der Waals surface area contributed by atoms with Gasteiger partial charge in [-0.25, -0.2) is 0 Å². The summed E-state index contributed by atoms with van der Waals surface area (Å²) < 4.78 is 8.74. The van der Waals surface area contributed by atoms with Gasteiger partial charge < -0.3 is 14.9 Å². The number of alkyl halides is 1. The molecule has 52 valence electrons. The molecule has 0 atom stereocenters. The Labute approximate surface area is 52.7 Å². The summed E-state index contributed by atoms with van der Waals surface area (Å²) in [6, 6.07) is 0. The van der Waals surface area contributed by atoms with Gasteiger partial charge in [-0.1, -0.05) is 0 Å². The number of rotatable bonds is 1. The number of aliphatic hydroxyl groups is 1. The summed E-state index contributed by atoms with van der Waals surface area (Å²) in [5, 5.41) is 7.74. The number of hydrogen-bond donors (Lipinski definition) is 3. The molecular formula is C2H8ClO4P. The summed E-state index contributed by atoms with van der Waals surface area (Å²) in [4.78, 5) is 14.3. The highest BCUT2D eigenvalue weighted by molar-refractivity contribution is 7.30. The van der Waals surface area contributed by atoms with Gasteiger partial charge in [0.15, 0.2) is 0 Å². The fourth-order valence-electron chi connectivity index (χ4n) is 0. The van der Waals surface area contributed by atoms with Gasteiger partial charge in [0.1, 0.15) is 0 Å². The van der Waals surface area contributed by atoms with Crippen LogP contribution < -0.4 is 0 Å². The molecule has 0 bridgehead atoms. The van der Waals surface area contributed by atoms with E-state index < -0.39 is 8.25 Å². The van der Waals surface area contributed by atoms with Crippen molar-refractivity contribution in [1.29, 1.82) is 0 Å². The van der Waals surface area contributed by atoms with Crippen molar-refractivity contribution in [3.8, 4) is 0 Å². The first kappa shape index (κ1) is 11.2. The first-order valence-corrected chi connectivity index (χ1v) is 3.57. The van der Waals surface area contributed by atoms with Crippen molar-refractivity contribution >= 4 is 19.9 Å². The van der Waals surface area contributed by atoms with E-state index in [0.29, 0.717) is 5.88 Å². The molecule has 0 saturated heterocycles. The summed E-state index contributed by atoms with van der Waals surface area (Å²) in [5.74, 6) is 0.347. The molecule has 3 N–H and O–H groups in total. The van der Waals surface area contributed by atoms with Crippen molar-refractivity contribution in [2.24, 2.45) is 0 Å². The first-order valence-electron chi connectivity index (χ1n) is 1.73. The lowest BCUT2D eigenvalue weighted by Crippen LogP contribution is -1.76. The lowest BCUT2D eigenvalue weighted by Gasteiger charge is -1.67. The Kier molecular flexibility index (Phi) is 14.6. The summed E-state index contributed by atoms with van der Waals surface area (Å²) >= 11 is 4.94. The molecule has 6 heteroatoms. The zero-order chi connectivity index (χ0) is 6.99. The summed E-state index contributed by atoms with van der Waals surface area (Å²) in [7, 11) is -3.13. The minimum atomic E-state index is -3.13. The normalized spacial score (nSPS) is 8.12. The minimum absolute atomic E-state index is 0.0849. The largest absolute Gasteiger partial charge is 0.395 e. The van der Waals surface area contributed by atoms with Crippen LogP contribution in [-0.2, 0) is 4.57 Å². The Morgan fingerprint density at radius 3 is 1.62 bits per heavy atom. The third-order valence-corrected chi connectivity index (χ3v) is 0.254.